The molecular weight excluding hydrogens is 564 g/mol. The van der Waals surface area contributed by atoms with Crippen molar-refractivity contribution in [3.05, 3.63) is 35.9 Å². The van der Waals surface area contributed by atoms with Gasteiger partial charge in [-0.05, 0) is 44.2 Å². The molecule has 16 heteroatoms. The van der Waals surface area contributed by atoms with Crippen LogP contribution in [0.1, 0.15) is 44.1 Å². The van der Waals surface area contributed by atoms with E-state index < -0.39 is 78.7 Å². The predicted molar refractivity (Wildman–Crippen MR) is 153 cm³/mol. The molecule has 43 heavy (non-hydrogen) atoms. The highest BCUT2D eigenvalue weighted by Crippen LogP contribution is 2.09. The van der Waals surface area contributed by atoms with Gasteiger partial charge in [0.2, 0.25) is 29.5 Å². The fourth-order valence-corrected chi connectivity index (χ4v) is 4.34. The maximum absolute atomic E-state index is 13.5. The van der Waals surface area contributed by atoms with E-state index in [-0.39, 0.29) is 32.2 Å². The minimum absolute atomic E-state index is 0.00117. The van der Waals surface area contributed by atoms with E-state index in [2.05, 4.69) is 31.9 Å². The van der Waals surface area contributed by atoms with Gasteiger partial charge >= 0.3 is 12.0 Å². The van der Waals surface area contributed by atoms with E-state index in [1.165, 1.54) is 0 Å². The molecule has 1 heterocycles. The van der Waals surface area contributed by atoms with Gasteiger partial charge in [0.15, 0.2) is 0 Å². The van der Waals surface area contributed by atoms with Crippen molar-refractivity contribution in [3.63, 3.8) is 0 Å². The van der Waals surface area contributed by atoms with E-state index in [4.69, 9.17) is 11.5 Å². The number of primary amides is 1. The lowest BCUT2D eigenvalue weighted by atomic mass is 10.0. The maximum atomic E-state index is 13.5. The number of benzene rings is 1. The first-order valence-electron chi connectivity index (χ1n) is 14.0. The Balaban J connectivity index is 2.42. The van der Waals surface area contributed by atoms with Crippen molar-refractivity contribution in [2.24, 2.45) is 11.5 Å². The third-order valence-corrected chi connectivity index (χ3v) is 6.55. The van der Waals surface area contributed by atoms with Crippen molar-refractivity contribution in [2.45, 2.75) is 69.1 Å². The zero-order chi connectivity index (χ0) is 31.8. The fourth-order valence-electron chi connectivity index (χ4n) is 4.34. The lowest BCUT2D eigenvalue weighted by Gasteiger charge is -2.26. The predicted octanol–water partition coefficient (Wildman–Crippen LogP) is -2.65. The molecule has 0 aromatic heterocycles. The van der Waals surface area contributed by atoms with Crippen molar-refractivity contribution in [1.82, 2.24) is 31.9 Å². The molecule has 0 aliphatic carbocycles. The number of nitrogens with two attached hydrogens (primary N) is 2. The monoisotopic (exact) mass is 604 g/mol. The van der Waals surface area contributed by atoms with Gasteiger partial charge in [0.25, 0.3) is 0 Å². The molecule has 236 valence electrons. The second kappa shape index (κ2) is 17.9. The largest absolute Gasteiger partial charge is 0.481 e. The van der Waals surface area contributed by atoms with Gasteiger partial charge < -0.3 is 48.5 Å². The van der Waals surface area contributed by atoms with Crippen molar-refractivity contribution >= 4 is 41.5 Å². The number of unbranched alkanes of at least 4 members (excludes halogenated alkanes) is 1. The lowest BCUT2D eigenvalue weighted by molar-refractivity contribution is -0.141. The zero-order valence-corrected chi connectivity index (χ0v) is 23.7. The van der Waals surface area contributed by atoms with Crippen LogP contribution >= 0.6 is 0 Å². The number of aliphatic carboxylic acids is 1. The molecule has 1 aromatic carbocycles. The van der Waals surface area contributed by atoms with Gasteiger partial charge in [-0.25, -0.2) is 4.79 Å². The van der Waals surface area contributed by atoms with E-state index in [1.807, 2.05) is 0 Å². The van der Waals surface area contributed by atoms with Gasteiger partial charge in [-0.1, -0.05) is 30.3 Å². The zero-order valence-electron chi connectivity index (χ0n) is 23.7. The average molecular weight is 605 g/mol. The second-order valence-corrected chi connectivity index (χ2v) is 10.0. The number of carbonyl (C=O) groups excluding carboxylic acids is 6. The summed E-state index contributed by atoms with van der Waals surface area (Å²) in [6, 6.07) is 2.85. The number of carboxylic acids is 1. The van der Waals surface area contributed by atoms with Crippen LogP contribution in [0.5, 0.6) is 0 Å². The van der Waals surface area contributed by atoms with Crippen LogP contribution in [0.25, 0.3) is 0 Å². The van der Waals surface area contributed by atoms with Crippen LogP contribution in [-0.4, -0.2) is 90.4 Å². The van der Waals surface area contributed by atoms with Crippen molar-refractivity contribution in [3.8, 4) is 0 Å². The topological polar surface area (TPSA) is 264 Å². The quantitative estimate of drug-likeness (QED) is 0.113. The minimum Gasteiger partial charge on any atom is -0.481 e. The van der Waals surface area contributed by atoms with E-state index in [9.17, 15) is 38.7 Å². The third-order valence-electron chi connectivity index (χ3n) is 6.55. The highest BCUT2D eigenvalue weighted by molar-refractivity contribution is 5.98. The Morgan fingerprint density at radius 3 is 2.00 bits per heavy atom. The summed E-state index contributed by atoms with van der Waals surface area (Å²) in [7, 11) is 0. The van der Waals surface area contributed by atoms with Gasteiger partial charge in [0.05, 0.1) is 13.0 Å². The van der Waals surface area contributed by atoms with E-state index in [1.54, 1.807) is 30.3 Å². The number of urea groups is 1. The number of hydrogen-bond donors (Lipinski definition) is 9. The molecule has 1 saturated heterocycles. The van der Waals surface area contributed by atoms with Crippen molar-refractivity contribution in [1.29, 1.82) is 0 Å². The standard InChI is InChI=1S/C27H40N8O8/c28-11-5-4-9-18-24(40)33-17(10-6-12-30-27(29)43)23(39)31-15-21(36)32-20(14-22(37)38)26(42)35-19(25(41)34-18)13-16-7-2-1-3-8-16/h1-3,7-8,17-20H,4-6,9-15,28H2,(H,31,39)(H,32,36)(H,33,40)(H,34,41)(H,35,42)(H,37,38)(H3,29,30,43)/t17-,18-,19+,20-/m0/s1. The lowest BCUT2D eigenvalue weighted by Crippen LogP contribution is -2.58. The molecule has 0 radical (unpaired) electrons. The first kappa shape index (κ1) is 34.5. The summed E-state index contributed by atoms with van der Waals surface area (Å²) in [5.74, 6) is -5.34. The fraction of sp³-hybridized carbons (Fsp3) is 0.519. The second-order valence-electron chi connectivity index (χ2n) is 10.0. The number of hydrogen-bond acceptors (Lipinski definition) is 8. The first-order chi connectivity index (χ1) is 20.5. The van der Waals surface area contributed by atoms with Gasteiger partial charge in [0, 0.05) is 13.0 Å². The Hall–Kier alpha value is -4.73. The molecule has 7 amide bonds. The number of amides is 7. The summed E-state index contributed by atoms with van der Waals surface area (Å²) in [4.78, 5) is 88.2. The summed E-state index contributed by atoms with van der Waals surface area (Å²) in [6.07, 6.45) is 0.665. The summed E-state index contributed by atoms with van der Waals surface area (Å²) < 4.78 is 0. The Labute approximate surface area is 248 Å². The molecule has 0 unspecified atom stereocenters. The molecule has 1 aromatic rings. The SMILES string of the molecule is NCCCC[C@@H]1NC(=O)[C@@H](Cc2ccccc2)NC(=O)[C@H](CC(=O)O)NC(=O)CNC(=O)[C@H](CCCNC(N)=O)NC1=O. The number of rotatable bonds is 12. The molecular formula is C27H40N8O8. The Kier molecular flexibility index (Phi) is 14.4. The molecule has 2 rings (SSSR count). The van der Waals surface area contributed by atoms with E-state index >= 15 is 0 Å². The van der Waals surface area contributed by atoms with Crippen LogP contribution < -0.4 is 43.4 Å². The molecule has 1 fully saturated rings. The summed E-state index contributed by atoms with van der Waals surface area (Å²) in [6.45, 7) is -0.171. The summed E-state index contributed by atoms with van der Waals surface area (Å²) in [5, 5.41) is 24.1. The molecule has 0 bridgehead atoms. The Morgan fingerprint density at radius 2 is 1.37 bits per heavy atom. The van der Waals surface area contributed by atoms with Crippen LogP contribution in [0.4, 0.5) is 4.79 Å². The molecule has 16 nitrogen and oxygen atoms in total. The van der Waals surface area contributed by atoms with Crippen LogP contribution in [0.2, 0.25) is 0 Å². The maximum Gasteiger partial charge on any atom is 0.312 e. The minimum atomic E-state index is -1.56. The van der Waals surface area contributed by atoms with Crippen LogP contribution in [-0.2, 0) is 35.2 Å². The van der Waals surface area contributed by atoms with Crippen molar-refractivity contribution < 1.29 is 38.7 Å². The van der Waals surface area contributed by atoms with Gasteiger partial charge in [-0.2, -0.15) is 0 Å². The van der Waals surface area contributed by atoms with Crippen LogP contribution in [0.3, 0.4) is 0 Å². The first-order valence-corrected chi connectivity index (χ1v) is 14.0. The molecule has 1 aliphatic heterocycles. The smallest absolute Gasteiger partial charge is 0.312 e. The summed E-state index contributed by atoms with van der Waals surface area (Å²) in [5.41, 5.74) is 11.3. The third kappa shape index (κ3) is 12.8. The average Bonchev–Trinajstić information content (AvgIpc) is 2.95. The molecule has 4 atom stereocenters. The molecule has 0 spiro atoms. The molecule has 11 N–H and O–H groups in total. The number of nitrogens with one attached hydrogen (secondary N) is 6. The molecule has 1 aliphatic rings. The van der Waals surface area contributed by atoms with E-state index in [0.29, 0.717) is 24.9 Å². The highest BCUT2D eigenvalue weighted by atomic mass is 16.4. The number of carboxylic acid groups (broad SMARTS) is 1. The Morgan fingerprint density at radius 1 is 0.791 bits per heavy atom. The van der Waals surface area contributed by atoms with Crippen LogP contribution in [0, 0.1) is 0 Å². The Bertz CT molecular complexity index is 1150. The van der Waals surface area contributed by atoms with Crippen LogP contribution in [0.15, 0.2) is 30.3 Å². The van der Waals surface area contributed by atoms with Gasteiger partial charge in [0.1, 0.15) is 24.2 Å². The van der Waals surface area contributed by atoms with Gasteiger partial charge in [-0.15, -0.1) is 0 Å². The number of carbonyl (C=O) groups is 7. The van der Waals surface area contributed by atoms with Gasteiger partial charge in [-0.3, -0.25) is 28.8 Å². The summed E-state index contributed by atoms with van der Waals surface area (Å²) >= 11 is 0. The normalized spacial score (nSPS) is 22.0. The van der Waals surface area contributed by atoms with E-state index in [0.717, 1.165) is 0 Å². The van der Waals surface area contributed by atoms with Crippen molar-refractivity contribution in [2.75, 3.05) is 19.6 Å². The highest BCUT2D eigenvalue weighted by Gasteiger charge is 2.33. The molecule has 0 saturated carbocycles.